The average Bonchev–Trinajstić information content (AvgIpc) is 2.49. The van der Waals surface area contributed by atoms with Crippen LogP contribution in [0.25, 0.3) is 0 Å². The number of aryl methyl sites for hydroxylation is 1. The highest BCUT2D eigenvalue weighted by Crippen LogP contribution is 2.11. The van der Waals surface area contributed by atoms with E-state index in [0.717, 1.165) is 18.0 Å². The Kier molecular flexibility index (Phi) is 4.66. The molecule has 0 bridgehead atoms. The number of carbonyl (C=O) groups is 1. The van der Waals surface area contributed by atoms with E-state index < -0.39 is 0 Å². The van der Waals surface area contributed by atoms with Crippen molar-refractivity contribution in [3.8, 4) is 0 Å². The Morgan fingerprint density at radius 2 is 2.27 bits per heavy atom. The summed E-state index contributed by atoms with van der Waals surface area (Å²) < 4.78 is 3.73. The second-order valence-electron chi connectivity index (χ2n) is 3.58. The number of hydrogen-bond donors (Lipinski definition) is 1. The van der Waals surface area contributed by atoms with Gasteiger partial charge in [0.05, 0.1) is 5.69 Å². The van der Waals surface area contributed by atoms with Gasteiger partial charge in [-0.2, -0.15) is 0 Å². The number of rotatable bonds is 4. The van der Waals surface area contributed by atoms with Gasteiger partial charge in [-0.05, 0) is 31.8 Å². The molecule has 0 aliphatic heterocycles. The van der Waals surface area contributed by atoms with E-state index in [1.54, 1.807) is 6.92 Å². The molecule has 0 aromatic carbocycles. The fourth-order valence-corrected chi connectivity index (χ4v) is 2.40. The first-order chi connectivity index (χ1) is 7.00. The summed E-state index contributed by atoms with van der Waals surface area (Å²) in [4.78, 5) is 12.7. The smallest absolute Gasteiger partial charge is 0.265 e. The van der Waals surface area contributed by atoms with Crippen LogP contribution < -0.4 is 5.32 Å². The number of hydrogen-bond acceptors (Lipinski definition) is 4. The van der Waals surface area contributed by atoms with Gasteiger partial charge < -0.3 is 5.32 Å². The van der Waals surface area contributed by atoms with Crippen LogP contribution in [0.1, 0.15) is 35.6 Å². The molecule has 0 radical (unpaired) electrons. The standard InChI is InChI=1S/C9H14BrN3OS/c1-5(10)4-6(2)11-9(14)8-7(3)12-13-15-8/h5-6H,4H2,1-3H3,(H,11,14). The number of halogens is 1. The summed E-state index contributed by atoms with van der Waals surface area (Å²) in [6.07, 6.45) is 0.900. The third-order valence-corrected chi connectivity index (χ3v) is 3.11. The lowest BCUT2D eigenvalue weighted by Gasteiger charge is -2.14. The van der Waals surface area contributed by atoms with Crippen molar-refractivity contribution in [2.45, 2.75) is 38.1 Å². The van der Waals surface area contributed by atoms with Crippen LogP contribution in [0.5, 0.6) is 0 Å². The molecule has 4 nitrogen and oxygen atoms in total. The first-order valence-electron chi connectivity index (χ1n) is 4.74. The van der Waals surface area contributed by atoms with Gasteiger partial charge in [-0.1, -0.05) is 27.3 Å². The van der Waals surface area contributed by atoms with Crippen LogP contribution in [0.2, 0.25) is 0 Å². The number of alkyl halides is 1. The van der Waals surface area contributed by atoms with Crippen LogP contribution >= 0.6 is 27.5 Å². The molecule has 0 saturated heterocycles. The zero-order valence-electron chi connectivity index (χ0n) is 8.95. The highest BCUT2D eigenvalue weighted by atomic mass is 79.9. The molecular weight excluding hydrogens is 278 g/mol. The molecular formula is C9H14BrN3OS. The number of aromatic nitrogens is 2. The summed E-state index contributed by atoms with van der Waals surface area (Å²) in [6, 6.07) is 0.147. The van der Waals surface area contributed by atoms with Gasteiger partial charge in [-0.15, -0.1) is 5.10 Å². The van der Waals surface area contributed by atoms with Crippen molar-refractivity contribution < 1.29 is 4.79 Å². The maximum atomic E-state index is 11.7. The number of amides is 1. The lowest BCUT2D eigenvalue weighted by molar-refractivity contribution is 0.0942. The monoisotopic (exact) mass is 291 g/mol. The van der Waals surface area contributed by atoms with Crippen molar-refractivity contribution >= 4 is 33.4 Å². The molecule has 1 N–H and O–H groups in total. The van der Waals surface area contributed by atoms with Gasteiger partial charge >= 0.3 is 0 Å². The van der Waals surface area contributed by atoms with E-state index in [2.05, 4.69) is 37.8 Å². The van der Waals surface area contributed by atoms with Crippen LogP contribution in [-0.2, 0) is 0 Å². The number of nitrogens with one attached hydrogen (secondary N) is 1. The summed E-state index contributed by atoms with van der Waals surface area (Å²) in [7, 11) is 0. The van der Waals surface area contributed by atoms with E-state index in [1.807, 2.05) is 6.92 Å². The van der Waals surface area contributed by atoms with E-state index in [1.165, 1.54) is 0 Å². The third-order valence-electron chi connectivity index (χ3n) is 1.91. The second-order valence-corrected chi connectivity index (χ2v) is 5.90. The van der Waals surface area contributed by atoms with Crippen LogP contribution in [0.3, 0.4) is 0 Å². The Balaban J connectivity index is 2.53. The highest BCUT2D eigenvalue weighted by molar-refractivity contribution is 9.09. The topological polar surface area (TPSA) is 54.9 Å². The Bertz CT molecular complexity index is 340. The molecule has 0 aliphatic rings. The quantitative estimate of drug-likeness (QED) is 0.865. The fraction of sp³-hybridized carbons (Fsp3) is 0.667. The molecule has 0 aliphatic carbocycles. The van der Waals surface area contributed by atoms with Crippen molar-refractivity contribution in [3.63, 3.8) is 0 Å². The normalized spacial score (nSPS) is 14.7. The van der Waals surface area contributed by atoms with Gasteiger partial charge in [0.15, 0.2) is 0 Å². The highest BCUT2D eigenvalue weighted by Gasteiger charge is 2.15. The molecule has 6 heteroatoms. The molecule has 2 atom stereocenters. The summed E-state index contributed by atoms with van der Waals surface area (Å²) in [5, 5.41) is 6.72. The van der Waals surface area contributed by atoms with Gasteiger partial charge in [0.25, 0.3) is 5.91 Å². The summed E-state index contributed by atoms with van der Waals surface area (Å²) in [6.45, 7) is 5.83. The van der Waals surface area contributed by atoms with Crippen LogP contribution in [-0.4, -0.2) is 26.4 Å². The molecule has 1 aromatic rings. The van der Waals surface area contributed by atoms with Gasteiger partial charge in [0, 0.05) is 10.9 Å². The molecule has 1 aromatic heterocycles. The van der Waals surface area contributed by atoms with Gasteiger partial charge in [-0.3, -0.25) is 4.79 Å². The average molecular weight is 292 g/mol. The van der Waals surface area contributed by atoms with Crippen molar-refractivity contribution in [1.82, 2.24) is 14.9 Å². The summed E-state index contributed by atoms with van der Waals surface area (Å²) in [5.41, 5.74) is 0.691. The van der Waals surface area contributed by atoms with Crippen molar-refractivity contribution in [2.24, 2.45) is 0 Å². The second kappa shape index (κ2) is 5.55. The lowest BCUT2D eigenvalue weighted by Crippen LogP contribution is -2.33. The molecule has 15 heavy (non-hydrogen) atoms. The molecule has 2 unspecified atom stereocenters. The van der Waals surface area contributed by atoms with Crippen molar-refractivity contribution in [1.29, 1.82) is 0 Å². The molecule has 1 rings (SSSR count). The van der Waals surface area contributed by atoms with Crippen LogP contribution in [0, 0.1) is 6.92 Å². The maximum absolute atomic E-state index is 11.7. The predicted molar refractivity (Wildman–Crippen MR) is 64.6 cm³/mol. The molecule has 0 spiro atoms. The largest absolute Gasteiger partial charge is 0.349 e. The molecule has 0 fully saturated rings. The molecule has 0 saturated carbocycles. The van der Waals surface area contributed by atoms with Gasteiger partial charge in [0.2, 0.25) is 0 Å². The van der Waals surface area contributed by atoms with Crippen molar-refractivity contribution in [3.05, 3.63) is 10.6 Å². The fourth-order valence-electron chi connectivity index (χ4n) is 1.28. The van der Waals surface area contributed by atoms with E-state index in [9.17, 15) is 4.79 Å². The maximum Gasteiger partial charge on any atom is 0.265 e. The van der Waals surface area contributed by atoms with Crippen LogP contribution in [0.15, 0.2) is 0 Å². The number of nitrogens with zero attached hydrogens (tertiary/aromatic N) is 2. The van der Waals surface area contributed by atoms with E-state index in [-0.39, 0.29) is 11.9 Å². The summed E-state index contributed by atoms with van der Waals surface area (Å²) >= 11 is 4.59. The van der Waals surface area contributed by atoms with Gasteiger partial charge in [0.1, 0.15) is 4.88 Å². The zero-order valence-corrected chi connectivity index (χ0v) is 11.4. The molecule has 84 valence electrons. The minimum absolute atomic E-state index is 0.0804. The minimum Gasteiger partial charge on any atom is -0.349 e. The number of carbonyl (C=O) groups excluding carboxylic acids is 1. The SMILES string of the molecule is Cc1nnsc1C(=O)NC(C)CC(C)Br. The third kappa shape index (κ3) is 3.87. The predicted octanol–water partition coefficient (Wildman–Crippen LogP) is 2.14. The minimum atomic E-state index is -0.0804. The Hall–Kier alpha value is -0.490. The Labute approximate surface area is 102 Å². The zero-order chi connectivity index (χ0) is 11.4. The van der Waals surface area contributed by atoms with Crippen molar-refractivity contribution in [2.75, 3.05) is 0 Å². The van der Waals surface area contributed by atoms with Gasteiger partial charge in [-0.25, -0.2) is 0 Å². The van der Waals surface area contributed by atoms with E-state index in [0.29, 0.717) is 15.4 Å². The van der Waals surface area contributed by atoms with E-state index in [4.69, 9.17) is 0 Å². The molecule has 1 heterocycles. The Morgan fingerprint density at radius 1 is 1.60 bits per heavy atom. The van der Waals surface area contributed by atoms with Crippen LogP contribution in [0.4, 0.5) is 0 Å². The lowest BCUT2D eigenvalue weighted by atomic mass is 10.2. The first kappa shape index (κ1) is 12.6. The first-order valence-corrected chi connectivity index (χ1v) is 6.43. The molecule has 1 amide bonds. The van der Waals surface area contributed by atoms with E-state index >= 15 is 0 Å². The summed E-state index contributed by atoms with van der Waals surface area (Å²) in [5.74, 6) is -0.0804. The Morgan fingerprint density at radius 3 is 2.73 bits per heavy atom.